The van der Waals surface area contributed by atoms with E-state index in [0.717, 1.165) is 11.3 Å². The average molecular weight is 371 g/mol. The molecule has 0 aliphatic carbocycles. The van der Waals surface area contributed by atoms with Gasteiger partial charge in [-0.15, -0.1) is 0 Å². The van der Waals surface area contributed by atoms with Crippen LogP contribution in [0, 0.1) is 6.92 Å². The highest BCUT2D eigenvalue weighted by atomic mass is 35.5. The topological polar surface area (TPSA) is 40.6 Å². The van der Waals surface area contributed by atoms with Gasteiger partial charge in [-0.3, -0.25) is 4.79 Å². The van der Waals surface area contributed by atoms with E-state index in [4.69, 9.17) is 11.6 Å². The number of nitrogens with zero attached hydrogens (tertiary/aromatic N) is 2. The van der Waals surface area contributed by atoms with Crippen LogP contribution in [0.15, 0.2) is 48.5 Å². The molecule has 4 nitrogen and oxygen atoms in total. The molecule has 2 atom stereocenters. The van der Waals surface area contributed by atoms with Crippen molar-refractivity contribution in [3.8, 4) is 0 Å². The minimum atomic E-state index is -0.111. The van der Waals surface area contributed by atoms with Crippen LogP contribution < -0.4 is 4.90 Å². The second-order valence-corrected chi connectivity index (χ2v) is 7.27. The van der Waals surface area contributed by atoms with Gasteiger partial charge in [0.05, 0.1) is 12.5 Å². The number of anilines is 1. The van der Waals surface area contributed by atoms with E-state index in [2.05, 4.69) is 43.0 Å². The van der Waals surface area contributed by atoms with Crippen molar-refractivity contribution < 1.29 is 9.59 Å². The van der Waals surface area contributed by atoms with Crippen LogP contribution in [0.25, 0.3) is 0 Å². The van der Waals surface area contributed by atoms with Gasteiger partial charge in [-0.05, 0) is 43.7 Å². The second-order valence-electron chi connectivity index (χ2n) is 6.83. The maximum atomic E-state index is 12.3. The van der Waals surface area contributed by atoms with Crippen molar-refractivity contribution >= 4 is 29.5 Å². The van der Waals surface area contributed by atoms with Gasteiger partial charge in [0.25, 0.3) is 0 Å². The zero-order valence-corrected chi connectivity index (χ0v) is 15.8. The van der Waals surface area contributed by atoms with Crippen molar-refractivity contribution in [1.82, 2.24) is 4.90 Å². The molecule has 0 spiro atoms. The summed E-state index contributed by atoms with van der Waals surface area (Å²) in [4.78, 5) is 27.2. The summed E-state index contributed by atoms with van der Waals surface area (Å²) in [5.41, 5.74) is 3.43. The normalized spacial score (nSPS) is 20.1. The van der Waals surface area contributed by atoms with Crippen molar-refractivity contribution in [2.75, 3.05) is 18.0 Å². The fourth-order valence-electron chi connectivity index (χ4n) is 3.59. The Bertz CT molecular complexity index is 774. The molecule has 0 bridgehead atoms. The third-order valence-electron chi connectivity index (χ3n) is 4.89. The lowest BCUT2D eigenvalue weighted by Gasteiger charge is -2.47. The molecule has 2 aromatic carbocycles. The lowest BCUT2D eigenvalue weighted by molar-refractivity contribution is -0.134. The Balaban J connectivity index is 1.97. The number of benzene rings is 2. The lowest BCUT2D eigenvalue weighted by atomic mass is 9.97. The van der Waals surface area contributed by atoms with E-state index in [1.165, 1.54) is 5.56 Å². The van der Waals surface area contributed by atoms with Crippen LogP contribution in [0.3, 0.4) is 0 Å². The van der Waals surface area contributed by atoms with E-state index in [0.29, 0.717) is 24.4 Å². The molecule has 1 amide bonds. The first-order valence-electron chi connectivity index (χ1n) is 8.81. The Labute approximate surface area is 159 Å². The van der Waals surface area contributed by atoms with E-state index in [1.807, 2.05) is 24.3 Å². The summed E-state index contributed by atoms with van der Waals surface area (Å²) in [5.74, 6) is -0.111. The van der Waals surface area contributed by atoms with Crippen LogP contribution in [-0.2, 0) is 9.59 Å². The molecule has 0 N–H and O–H groups in total. The zero-order valence-electron chi connectivity index (χ0n) is 15.1. The molecule has 5 heteroatoms. The Morgan fingerprint density at radius 1 is 1.12 bits per heavy atom. The van der Waals surface area contributed by atoms with Gasteiger partial charge < -0.3 is 14.6 Å². The van der Waals surface area contributed by atoms with Gasteiger partial charge in [-0.1, -0.05) is 41.4 Å². The minimum absolute atomic E-state index is 0.0242. The highest BCUT2D eigenvalue weighted by Gasteiger charge is 2.35. The maximum absolute atomic E-state index is 12.3. The van der Waals surface area contributed by atoms with Crippen molar-refractivity contribution in [3.05, 3.63) is 64.7 Å². The first-order valence-corrected chi connectivity index (χ1v) is 9.19. The van der Waals surface area contributed by atoms with Gasteiger partial charge >= 0.3 is 0 Å². The van der Waals surface area contributed by atoms with Gasteiger partial charge in [-0.2, -0.15) is 0 Å². The third-order valence-corrected chi connectivity index (χ3v) is 5.14. The Morgan fingerprint density at radius 3 is 2.38 bits per heavy atom. The van der Waals surface area contributed by atoms with E-state index < -0.39 is 0 Å². The molecule has 0 saturated carbocycles. The Morgan fingerprint density at radius 2 is 1.77 bits per heavy atom. The molecule has 2 aromatic rings. The largest absolute Gasteiger partial charge is 0.358 e. The number of carbonyl (C=O) groups excluding carboxylic acids is 2. The molecule has 0 radical (unpaired) electrons. The van der Waals surface area contributed by atoms with Crippen molar-refractivity contribution in [2.24, 2.45) is 0 Å². The van der Waals surface area contributed by atoms with Crippen molar-refractivity contribution in [1.29, 1.82) is 0 Å². The van der Waals surface area contributed by atoms with Gasteiger partial charge in [0.2, 0.25) is 5.91 Å². The van der Waals surface area contributed by atoms with Crippen LogP contribution >= 0.6 is 11.6 Å². The molecule has 1 aliphatic rings. The summed E-state index contributed by atoms with van der Waals surface area (Å²) in [6.45, 7) is 5.32. The average Bonchev–Trinajstić information content (AvgIpc) is 2.63. The van der Waals surface area contributed by atoms with Crippen LogP contribution in [0.2, 0.25) is 5.02 Å². The predicted molar refractivity (Wildman–Crippen MR) is 105 cm³/mol. The number of aryl methyl sites for hydroxylation is 1. The van der Waals surface area contributed by atoms with E-state index in [-0.39, 0.29) is 24.4 Å². The van der Waals surface area contributed by atoms with E-state index in [1.54, 1.807) is 4.90 Å². The predicted octanol–water partition coefficient (Wildman–Crippen LogP) is 4.02. The number of aldehydes is 1. The van der Waals surface area contributed by atoms with Gasteiger partial charge in [-0.25, -0.2) is 0 Å². The van der Waals surface area contributed by atoms with E-state index >= 15 is 0 Å². The van der Waals surface area contributed by atoms with Crippen LogP contribution in [0.1, 0.15) is 30.5 Å². The molecule has 136 valence electrons. The SMILES string of the molecule is Cc1ccc(C2CN(C(=O)CC=O)CC(C)N2c2ccc(Cl)cc2)cc1. The van der Waals surface area contributed by atoms with Crippen molar-refractivity contribution in [2.45, 2.75) is 32.4 Å². The molecule has 1 heterocycles. The van der Waals surface area contributed by atoms with Crippen LogP contribution in [0.4, 0.5) is 5.69 Å². The second kappa shape index (κ2) is 7.92. The molecule has 1 aliphatic heterocycles. The smallest absolute Gasteiger partial charge is 0.229 e. The minimum Gasteiger partial charge on any atom is -0.358 e. The van der Waals surface area contributed by atoms with Gasteiger partial charge in [0, 0.05) is 29.8 Å². The van der Waals surface area contributed by atoms with Gasteiger partial charge in [0.1, 0.15) is 6.29 Å². The van der Waals surface area contributed by atoms with Crippen molar-refractivity contribution in [3.63, 3.8) is 0 Å². The molecule has 26 heavy (non-hydrogen) atoms. The summed E-state index contributed by atoms with van der Waals surface area (Å²) in [6, 6.07) is 16.4. The molecule has 1 fully saturated rings. The first kappa shape index (κ1) is 18.5. The lowest BCUT2D eigenvalue weighted by Crippen LogP contribution is -2.55. The number of amides is 1. The number of hydrogen-bond donors (Lipinski definition) is 0. The Kier molecular flexibility index (Phi) is 5.62. The number of piperazine rings is 1. The number of rotatable bonds is 4. The monoisotopic (exact) mass is 370 g/mol. The zero-order chi connectivity index (χ0) is 18.7. The van der Waals surface area contributed by atoms with Gasteiger partial charge in [0.15, 0.2) is 0 Å². The summed E-state index contributed by atoms with van der Waals surface area (Å²) in [6.07, 6.45) is 0.619. The van der Waals surface area contributed by atoms with Crippen LogP contribution in [0.5, 0.6) is 0 Å². The first-order chi connectivity index (χ1) is 12.5. The summed E-state index contributed by atoms with van der Waals surface area (Å²) < 4.78 is 0. The number of hydrogen-bond acceptors (Lipinski definition) is 3. The summed E-state index contributed by atoms with van der Waals surface area (Å²) in [5, 5.41) is 0.702. The van der Waals surface area contributed by atoms with E-state index in [9.17, 15) is 9.59 Å². The fourth-order valence-corrected chi connectivity index (χ4v) is 3.72. The highest BCUT2D eigenvalue weighted by Crippen LogP contribution is 2.34. The maximum Gasteiger partial charge on any atom is 0.229 e. The molecular weight excluding hydrogens is 348 g/mol. The molecule has 2 unspecified atom stereocenters. The number of carbonyl (C=O) groups is 2. The quantitative estimate of drug-likeness (QED) is 0.603. The molecule has 0 aromatic heterocycles. The highest BCUT2D eigenvalue weighted by molar-refractivity contribution is 6.30. The molecular formula is C21H23ClN2O2. The summed E-state index contributed by atoms with van der Waals surface area (Å²) >= 11 is 6.05. The number of halogens is 1. The fraction of sp³-hybridized carbons (Fsp3) is 0.333. The Hall–Kier alpha value is -2.33. The standard InChI is InChI=1S/C21H23ClN2O2/c1-15-3-5-17(6-4-15)20-14-23(21(26)11-12-25)13-16(2)24(20)19-9-7-18(22)8-10-19/h3-10,12,16,20H,11,13-14H2,1-2H3. The third kappa shape index (κ3) is 3.91. The molecule has 1 saturated heterocycles. The molecule has 3 rings (SSSR count). The summed E-state index contributed by atoms with van der Waals surface area (Å²) in [7, 11) is 0. The van der Waals surface area contributed by atoms with Crippen LogP contribution in [-0.4, -0.2) is 36.2 Å².